The maximum atomic E-state index is 12.1. The van der Waals surface area contributed by atoms with E-state index in [4.69, 9.17) is 5.11 Å². The lowest BCUT2D eigenvalue weighted by atomic mass is 10.3. The molecule has 2 rings (SSSR count). The van der Waals surface area contributed by atoms with Crippen LogP contribution in [0.15, 0.2) is 5.16 Å². The van der Waals surface area contributed by atoms with Gasteiger partial charge in [-0.15, -0.1) is 10.2 Å². The van der Waals surface area contributed by atoms with Crippen molar-refractivity contribution in [2.75, 3.05) is 5.75 Å². The Balaban J connectivity index is 2.15. The molecule has 1 saturated carbocycles. The molecule has 1 heterocycles. The van der Waals surface area contributed by atoms with Crippen molar-refractivity contribution in [2.24, 2.45) is 0 Å². The minimum atomic E-state index is -0.981. The summed E-state index contributed by atoms with van der Waals surface area (Å²) in [5.41, 5.74) is 0. The predicted octanol–water partition coefficient (Wildman–Crippen LogP) is -0.213. The van der Waals surface area contributed by atoms with Gasteiger partial charge in [0.05, 0.1) is 5.75 Å². The molecular formula is C11H16N4O4S. The van der Waals surface area contributed by atoms with Crippen LogP contribution in [0.25, 0.3) is 0 Å². The summed E-state index contributed by atoms with van der Waals surface area (Å²) in [7, 11) is 0. The van der Waals surface area contributed by atoms with Crippen LogP contribution < -0.4 is 5.32 Å². The number of aliphatic hydroxyl groups is 1. The largest absolute Gasteiger partial charge is 0.481 e. The summed E-state index contributed by atoms with van der Waals surface area (Å²) in [6.07, 6.45) is 1.96. The smallest absolute Gasteiger partial charge is 0.313 e. The Morgan fingerprint density at radius 1 is 1.50 bits per heavy atom. The lowest BCUT2D eigenvalue weighted by Gasteiger charge is -2.16. The average molecular weight is 300 g/mol. The summed E-state index contributed by atoms with van der Waals surface area (Å²) in [6.45, 7) is 1.31. The molecule has 9 heteroatoms. The molecule has 1 aromatic heterocycles. The van der Waals surface area contributed by atoms with Crippen molar-refractivity contribution in [3.63, 3.8) is 0 Å². The van der Waals surface area contributed by atoms with Crippen molar-refractivity contribution in [2.45, 2.75) is 43.6 Å². The monoisotopic (exact) mass is 300 g/mol. The second-order valence-electron chi connectivity index (χ2n) is 4.57. The lowest BCUT2D eigenvalue weighted by Crippen LogP contribution is -2.33. The Morgan fingerprint density at radius 2 is 2.20 bits per heavy atom. The van der Waals surface area contributed by atoms with Gasteiger partial charge in [-0.3, -0.25) is 14.2 Å². The summed E-state index contributed by atoms with van der Waals surface area (Å²) in [4.78, 5) is 22.7. The maximum absolute atomic E-state index is 12.1. The molecule has 1 aliphatic carbocycles. The molecule has 3 N–H and O–H groups in total. The van der Waals surface area contributed by atoms with Gasteiger partial charge < -0.3 is 15.5 Å². The number of carboxylic acids is 1. The SMILES string of the molecule is CC(C(=O)NC1CC1)n1c(CO)nnc1SCC(=O)O. The zero-order valence-electron chi connectivity index (χ0n) is 10.9. The number of thioether (sulfide) groups is 1. The van der Waals surface area contributed by atoms with Gasteiger partial charge in [0.2, 0.25) is 5.91 Å². The Hall–Kier alpha value is -1.61. The van der Waals surface area contributed by atoms with Gasteiger partial charge in [-0.1, -0.05) is 11.8 Å². The molecule has 0 bridgehead atoms. The number of aliphatic hydroxyl groups excluding tert-OH is 1. The number of hydrogen-bond acceptors (Lipinski definition) is 6. The van der Waals surface area contributed by atoms with Crippen LogP contribution in [0.5, 0.6) is 0 Å². The normalized spacial score (nSPS) is 15.9. The van der Waals surface area contributed by atoms with E-state index < -0.39 is 12.0 Å². The first-order valence-corrected chi connectivity index (χ1v) is 7.21. The van der Waals surface area contributed by atoms with Gasteiger partial charge >= 0.3 is 5.97 Å². The standard InChI is InChI=1S/C11H16N4O4S/c1-6(10(19)12-7-2-3-7)15-8(4-16)13-14-11(15)20-5-9(17)18/h6-7,16H,2-5H2,1H3,(H,12,19)(H,17,18). The third-order valence-electron chi connectivity index (χ3n) is 2.89. The van der Waals surface area contributed by atoms with Gasteiger partial charge in [0.15, 0.2) is 11.0 Å². The molecule has 8 nitrogen and oxygen atoms in total. The van der Waals surface area contributed by atoms with E-state index in [9.17, 15) is 14.7 Å². The topological polar surface area (TPSA) is 117 Å². The van der Waals surface area contributed by atoms with E-state index in [1.54, 1.807) is 6.92 Å². The quantitative estimate of drug-likeness (QED) is 0.596. The summed E-state index contributed by atoms with van der Waals surface area (Å²) in [5, 5.41) is 28.7. The van der Waals surface area contributed by atoms with Crippen molar-refractivity contribution in [3.05, 3.63) is 5.82 Å². The van der Waals surface area contributed by atoms with Gasteiger partial charge in [-0.25, -0.2) is 0 Å². The van der Waals surface area contributed by atoms with Crippen LogP contribution in [0.1, 0.15) is 31.6 Å². The molecule has 20 heavy (non-hydrogen) atoms. The molecule has 0 spiro atoms. The van der Waals surface area contributed by atoms with E-state index in [2.05, 4.69) is 15.5 Å². The first-order valence-electron chi connectivity index (χ1n) is 6.22. The van der Waals surface area contributed by atoms with E-state index in [1.807, 2.05) is 0 Å². The maximum Gasteiger partial charge on any atom is 0.313 e. The van der Waals surface area contributed by atoms with Crippen LogP contribution in [0, 0.1) is 0 Å². The highest BCUT2D eigenvalue weighted by molar-refractivity contribution is 7.99. The number of nitrogens with zero attached hydrogens (tertiary/aromatic N) is 3. The molecule has 0 radical (unpaired) electrons. The van der Waals surface area contributed by atoms with E-state index in [-0.39, 0.29) is 30.1 Å². The average Bonchev–Trinajstić information content (AvgIpc) is 3.12. The summed E-state index contributed by atoms with van der Waals surface area (Å²) in [6, 6.07) is -0.363. The first kappa shape index (κ1) is 14.8. The summed E-state index contributed by atoms with van der Waals surface area (Å²) in [5.74, 6) is -1.10. The molecule has 1 aliphatic rings. The van der Waals surface area contributed by atoms with Crippen molar-refractivity contribution in [1.82, 2.24) is 20.1 Å². The third kappa shape index (κ3) is 3.48. The van der Waals surface area contributed by atoms with Crippen LogP contribution in [0.2, 0.25) is 0 Å². The molecular weight excluding hydrogens is 284 g/mol. The summed E-state index contributed by atoms with van der Waals surface area (Å²) >= 11 is 0.970. The minimum Gasteiger partial charge on any atom is -0.481 e. The number of nitrogens with one attached hydrogen (secondary N) is 1. The fraction of sp³-hybridized carbons (Fsp3) is 0.636. The molecule has 1 amide bonds. The Bertz CT molecular complexity index is 515. The first-order chi connectivity index (χ1) is 9.52. The third-order valence-corrected chi connectivity index (χ3v) is 3.82. The van der Waals surface area contributed by atoms with Crippen molar-refractivity contribution in [3.8, 4) is 0 Å². The van der Waals surface area contributed by atoms with Gasteiger partial charge in [-0.05, 0) is 19.8 Å². The van der Waals surface area contributed by atoms with Gasteiger partial charge in [0.1, 0.15) is 12.6 Å². The molecule has 110 valence electrons. The molecule has 1 fully saturated rings. The number of aliphatic carboxylic acids is 1. The number of aromatic nitrogens is 3. The molecule has 0 aromatic carbocycles. The second-order valence-corrected chi connectivity index (χ2v) is 5.51. The lowest BCUT2D eigenvalue weighted by molar-refractivity contribution is -0.134. The van der Waals surface area contributed by atoms with Crippen LogP contribution in [-0.4, -0.2) is 48.6 Å². The van der Waals surface area contributed by atoms with Gasteiger partial charge in [0, 0.05) is 6.04 Å². The number of amides is 1. The predicted molar refractivity (Wildman–Crippen MR) is 70.2 cm³/mol. The van der Waals surface area contributed by atoms with E-state index in [1.165, 1.54) is 4.57 Å². The van der Waals surface area contributed by atoms with E-state index in [0.717, 1.165) is 24.6 Å². The van der Waals surface area contributed by atoms with Crippen molar-refractivity contribution in [1.29, 1.82) is 0 Å². The highest BCUT2D eigenvalue weighted by atomic mass is 32.2. The highest BCUT2D eigenvalue weighted by Crippen LogP contribution is 2.24. The van der Waals surface area contributed by atoms with Crippen LogP contribution in [0.4, 0.5) is 0 Å². The number of hydrogen-bond donors (Lipinski definition) is 3. The van der Waals surface area contributed by atoms with Crippen LogP contribution >= 0.6 is 11.8 Å². The number of rotatable bonds is 7. The number of carbonyl (C=O) groups excluding carboxylic acids is 1. The molecule has 1 atom stereocenters. The van der Waals surface area contributed by atoms with Crippen LogP contribution in [-0.2, 0) is 16.2 Å². The second kappa shape index (κ2) is 6.23. The van der Waals surface area contributed by atoms with Crippen molar-refractivity contribution >= 4 is 23.6 Å². The zero-order chi connectivity index (χ0) is 14.7. The molecule has 1 aromatic rings. The van der Waals surface area contributed by atoms with Gasteiger partial charge in [0.25, 0.3) is 0 Å². The Morgan fingerprint density at radius 3 is 2.75 bits per heavy atom. The van der Waals surface area contributed by atoms with Crippen LogP contribution in [0.3, 0.4) is 0 Å². The molecule has 1 unspecified atom stereocenters. The Labute approximate surface area is 119 Å². The molecule has 0 aliphatic heterocycles. The molecule has 0 saturated heterocycles. The number of carbonyl (C=O) groups is 2. The Kier molecular flexibility index (Phi) is 4.61. The van der Waals surface area contributed by atoms with Gasteiger partial charge in [-0.2, -0.15) is 0 Å². The summed E-state index contributed by atoms with van der Waals surface area (Å²) < 4.78 is 1.48. The van der Waals surface area contributed by atoms with Crippen molar-refractivity contribution < 1.29 is 19.8 Å². The zero-order valence-corrected chi connectivity index (χ0v) is 11.8. The van der Waals surface area contributed by atoms with E-state index >= 15 is 0 Å². The fourth-order valence-electron chi connectivity index (χ4n) is 1.70. The minimum absolute atomic E-state index is 0.180. The number of carboxylic acid groups (broad SMARTS) is 1. The highest BCUT2D eigenvalue weighted by Gasteiger charge is 2.28. The van der Waals surface area contributed by atoms with E-state index in [0.29, 0.717) is 5.16 Å². The fourth-order valence-corrected chi connectivity index (χ4v) is 2.45.